The number of halogens is 9. The van der Waals surface area contributed by atoms with Gasteiger partial charge < -0.3 is 19.3 Å². The third-order valence-electron chi connectivity index (χ3n) is 2.97. The van der Waals surface area contributed by atoms with Crippen LogP contribution in [0, 0.1) is 0 Å². The van der Waals surface area contributed by atoms with Gasteiger partial charge in [-0.25, -0.2) is 9.59 Å². The number of ether oxygens (including phenoxy) is 3. The predicted octanol–water partition coefficient (Wildman–Crippen LogP) is 9.99. The molecule has 2 rings (SSSR count). The maximum Gasteiger partial charge on any atom is 0.573 e. The summed E-state index contributed by atoms with van der Waals surface area (Å²) < 4.78 is 84.0. The van der Waals surface area contributed by atoms with Crippen molar-refractivity contribution in [1.82, 2.24) is 0 Å². The molecule has 2 aromatic carbocycles. The number of rotatable bonds is 4. The number of esters is 1. The summed E-state index contributed by atoms with van der Waals surface area (Å²) >= 11 is 10.5. The first kappa shape index (κ1) is 30.8. The zero-order chi connectivity index (χ0) is 26.0. The van der Waals surface area contributed by atoms with Crippen molar-refractivity contribution in [2.45, 2.75) is 12.7 Å². The van der Waals surface area contributed by atoms with Crippen molar-refractivity contribution in [3.63, 3.8) is 0 Å². The summed E-state index contributed by atoms with van der Waals surface area (Å²) in [6.07, 6.45) is -8.30. The van der Waals surface area contributed by atoms with Gasteiger partial charge in [0.1, 0.15) is 22.6 Å². The SMILES string of the molecule is CCl.COC(=O)c1ccc(Br)cc1OC(F)(F)F.O=C(O)c1ccc(Br)cc1OC(F)(F)F.[HH].[HH].[HH].[HH].[HH].[HH].[HH].[HH].[HH].[HH].[HH].[HH]. The molecule has 0 fully saturated rings. The van der Waals surface area contributed by atoms with Gasteiger partial charge in [-0.15, -0.1) is 37.9 Å². The first-order valence-electron chi connectivity index (χ1n) is 7.93. The third kappa shape index (κ3) is 12.0. The lowest BCUT2D eigenvalue weighted by molar-refractivity contribution is -0.275. The molecule has 2 aromatic rings. The molecule has 0 aromatic heterocycles. The second kappa shape index (κ2) is 13.5. The van der Waals surface area contributed by atoms with Crippen LogP contribution < -0.4 is 9.47 Å². The Kier molecular flexibility index (Phi) is 12.6. The molecule has 33 heavy (non-hydrogen) atoms. The monoisotopic (exact) mass is 656 g/mol. The number of hydrogen-bond acceptors (Lipinski definition) is 5. The predicted molar refractivity (Wildman–Crippen MR) is 137 cm³/mol. The zero-order valence-electron chi connectivity index (χ0n) is 16.4. The zero-order valence-corrected chi connectivity index (χ0v) is 20.3. The number of hydrogen-bond donors (Lipinski definition) is 1. The summed E-state index contributed by atoms with van der Waals surface area (Å²) in [6, 6.07) is 6.91. The van der Waals surface area contributed by atoms with Gasteiger partial charge in [-0.1, -0.05) is 31.9 Å². The molecule has 0 bridgehead atoms. The normalized spacial score (nSPS) is 10.6. The van der Waals surface area contributed by atoms with Crippen molar-refractivity contribution in [1.29, 1.82) is 0 Å². The Bertz CT molecular complexity index is 991. The molecule has 208 valence electrons. The molecule has 0 atom stereocenters. The molecule has 0 aliphatic rings. The summed E-state index contributed by atoms with van der Waals surface area (Å²) in [4.78, 5) is 21.7. The number of carboxylic acids is 1. The van der Waals surface area contributed by atoms with Crippen molar-refractivity contribution in [3.05, 3.63) is 56.5 Å². The number of carboxylic acid groups (broad SMARTS) is 1. The highest BCUT2D eigenvalue weighted by atomic mass is 79.9. The van der Waals surface area contributed by atoms with E-state index in [9.17, 15) is 35.9 Å². The number of aromatic carboxylic acids is 1. The summed E-state index contributed by atoms with van der Waals surface area (Å²) in [7, 11) is 1.07. The van der Waals surface area contributed by atoms with Gasteiger partial charge in [0.2, 0.25) is 0 Å². The molecule has 0 aliphatic heterocycles. The molecule has 0 amide bonds. The van der Waals surface area contributed by atoms with Gasteiger partial charge in [-0.05, 0) is 36.4 Å². The summed E-state index contributed by atoms with van der Waals surface area (Å²) in [5, 5.41) is 8.59. The van der Waals surface area contributed by atoms with E-state index in [1.165, 1.54) is 24.6 Å². The van der Waals surface area contributed by atoms with E-state index in [0.29, 0.717) is 8.95 Å². The van der Waals surface area contributed by atoms with E-state index in [1.807, 2.05) is 0 Å². The van der Waals surface area contributed by atoms with E-state index in [2.05, 4.69) is 57.7 Å². The van der Waals surface area contributed by atoms with Gasteiger partial charge in [0, 0.05) is 32.4 Å². The van der Waals surface area contributed by atoms with Gasteiger partial charge in [0.25, 0.3) is 0 Å². The average molecular weight is 659 g/mol. The van der Waals surface area contributed by atoms with Crippen LogP contribution in [-0.4, -0.2) is 43.3 Å². The average Bonchev–Trinajstić information content (AvgIpc) is 2.67. The summed E-state index contributed by atoms with van der Waals surface area (Å²) in [6.45, 7) is 0. The molecule has 0 spiro atoms. The Hall–Kier alpha value is -2.19. The highest BCUT2D eigenvalue weighted by molar-refractivity contribution is 9.10. The Morgan fingerprint density at radius 2 is 1.21 bits per heavy atom. The molecule has 0 radical (unpaired) electrons. The minimum Gasteiger partial charge on any atom is -0.478 e. The minimum atomic E-state index is -4.91. The van der Waals surface area contributed by atoms with Gasteiger partial charge in [-0.3, -0.25) is 0 Å². The molecule has 6 nitrogen and oxygen atoms in total. The second-order valence-corrected chi connectivity index (χ2v) is 7.00. The van der Waals surface area contributed by atoms with E-state index in [-0.39, 0.29) is 22.7 Å². The van der Waals surface area contributed by atoms with Crippen LogP contribution in [-0.2, 0) is 4.74 Å². The molecule has 15 heteroatoms. The highest BCUT2D eigenvalue weighted by Crippen LogP contribution is 2.30. The van der Waals surface area contributed by atoms with Crippen LogP contribution in [0.3, 0.4) is 0 Å². The number of carbonyl (C=O) groups excluding carboxylic acids is 1. The Morgan fingerprint density at radius 3 is 1.55 bits per heavy atom. The van der Waals surface area contributed by atoms with Crippen molar-refractivity contribution in [2.75, 3.05) is 13.5 Å². The summed E-state index contributed by atoms with van der Waals surface area (Å²) in [5.74, 6) is -3.73. The lowest BCUT2D eigenvalue weighted by Crippen LogP contribution is -2.19. The fourth-order valence-corrected chi connectivity index (χ4v) is 2.55. The summed E-state index contributed by atoms with van der Waals surface area (Å²) in [5.41, 5.74) is -0.835. The number of alkyl halides is 7. The molecular formula is C18H37Br2ClF6O6. The number of methoxy groups -OCH3 is 1. The molecule has 1 N–H and O–H groups in total. The Balaban J connectivity index is -0.0000000313. The minimum absolute atomic E-state index is 0. The van der Waals surface area contributed by atoms with Gasteiger partial charge in [-0.2, -0.15) is 0 Å². The lowest BCUT2D eigenvalue weighted by atomic mass is 10.2. The van der Waals surface area contributed by atoms with Crippen molar-refractivity contribution in [2.24, 2.45) is 0 Å². The van der Waals surface area contributed by atoms with Crippen molar-refractivity contribution < 1.29 is 72.4 Å². The van der Waals surface area contributed by atoms with E-state index in [4.69, 9.17) is 5.11 Å². The Morgan fingerprint density at radius 1 is 0.848 bits per heavy atom. The quantitative estimate of drug-likeness (QED) is 0.200. The van der Waals surface area contributed by atoms with Crippen LogP contribution in [0.25, 0.3) is 0 Å². The standard InChI is InChI=1S/C9H6BrF3O3.C8H4BrF3O3.CH3Cl.12H2/c1-15-8(14)6-3-2-5(10)4-7(6)16-9(11,12)13;9-4-1-2-5(7(13)14)6(3-4)15-8(10,11)12;1-2;;;;;;;;;;;;/h2-4H,1H3;1-3H,(H,13,14);1H3;12*1H. The molecule has 0 saturated carbocycles. The molecule has 0 unspecified atom stereocenters. The van der Waals surface area contributed by atoms with Crippen LogP contribution in [0.15, 0.2) is 45.3 Å². The van der Waals surface area contributed by atoms with Crippen LogP contribution in [0.4, 0.5) is 26.3 Å². The smallest absolute Gasteiger partial charge is 0.478 e. The second-order valence-electron chi connectivity index (χ2n) is 5.17. The van der Waals surface area contributed by atoms with Crippen LogP contribution >= 0.6 is 43.5 Å². The number of carbonyl (C=O) groups is 2. The third-order valence-corrected chi connectivity index (χ3v) is 3.96. The molecule has 0 saturated heterocycles. The first-order chi connectivity index (χ1) is 15.1. The van der Waals surface area contributed by atoms with Crippen LogP contribution in [0.2, 0.25) is 0 Å². The van der Waals surface area contributed by atoms with E-state index >= 15 is 0 Å². The van der Waals surface area contributed by atoms with E-state index in [1.54, 1.807) is 0 Å². The van der Waals surface area contributed by atoms with Gasteiger partial charge >= 0.3 is 24.7 Å². The van der Waals surface area contributed by atoms with Crippen LogP contribution in [0.5, 0.6) is 11.5 Å². The van der Waals surface area contributed by atoms with Crippen LogP contribution in [0.1, 0.15) is 37.8 Å². The molecular weight excluding hydrogens is 621 g/mol. The van der Waals surface area contributed by atoms with Crippen molar-refractivity contribution >= 4 is 55.4 Å². The topological polar surface area (TPSA) is 82.1 Å². The molecule has 0 heterocycles. The maximum atomic E-state index is 12.0. The first-order valence-corrected chi connectivity index (χ1v) is 10.3. The number of benzene rings is 2. The van der Waals surface area contributed by atoms with Gasteiger partial charge in [0.05, 0.1) is 7.11 Å². The fraction of sp³-hybridized carbons (Fsp3) is 0.222. The maximum absolute atomic E-state index is 12.0. The largest absolute Gasteiger partial charge is 0.573 e. The lowest BCUT2D eigenvalue weighted by Gasteiger charge is -2.12. The van der Waals surface area contributed by atoms with Crippen molar-refractivity contribution in [3.8, 4) is 11.5 Å². The molecule has 0 aliphatic carbocycles. The van der Waals surface area contributed by atoms with Gasteiger partial charge in [0.15, 0.2) is 0 Å². The van der Waals surface area contributed by atoms with E-state index < -0.39 is 41.7 Å². The van der Waals surface area contributed by atoms with E-state index in [0.717, 1.165) is 25.3 Å². The highest BCUT2D eigenvalue weighted by Gasteiger charge is 2.34. The fourth-order valence-electron chi connectivity index (χ4n) is 1.87. The Labute approximate surface area is 222 Å².